The minimum atomic E-state index is -0.446. The summed E-state index contributed by atoms with van der Waals surface area (Å²) in [5, 5.41) is 12.4. The second-order valence-electron chi connectivity index (χ2n) is 6.85. The van der Waals surface area contributed by atoms with Crippen molar-refractivity contribution in [1.82, 2.24) is 10.2 Å². The monoisotopic (exact) mass is 335 g/mol. The van der Waals surface area contributed by atoms with E-state index in [0.717, 1.165) is 43.8 Å². The van der Waals surface area contributed by atoms with Crippen LogP contribution in [-0.4, -0.2) is 35.7 Å². The molecular formula is C17H25N3O2S. The third-order valence-electron chi connectivity index (χ3n) is 3.72. The summed E-state index contributed by atoms with van der Waals surface area (Å²) >= 11 is 1.53. The number of ether oxygens (including phenoxy) is 1. The first-order valence-corrected chi connectivity index (χ1v) is 8.89. The van der Waals surface area contributed by atoms with Gasteiger partial charge in [-0.05, 0) is 52.2 Å². The van der Waals surface area contributed by atoms with E-state index in [1.807, 2.05) is 37.8 Å². The number of nitriles is 1. The van der Waals surface area contributed by atoms with Gasteiger partial charge in [0.25, 0.3) is 0 Å². The maximum absolute atomic E-state index is 12.1. The summed E-state index contributed by atoms with van der Waals surface area (Å²) in [6.45, 7) is 7.94. The zero-order valence-electron chi connectivity index (χ0n) is 14.1. The Morgan fingerprint density at radius 2 is 2.22 bits per heavy atom. The van der Waals surface area contributed by atoms with Crippen LogP contribution >= 0.6 is 11.3 Å². The lowest BCUT2D eigenvalue weighted by Gasteiger charge is -2.26. The summed E-state index contributed by atoms with van der Waals surface area (Å²) in [6.07, 6.45) is 2.74. The van der Waals surface area contributed by atoms with Crippen LogP contribution in [0.3, 0.4) is 0 Å². The van der Waals surface area contributed by atoms with E-state index in [1.165, 1.54) is 16.2 Å². The van der Waals surface area contributed by atoms with Crippen LogP contribution in [0.4, 0.5) is 4.79 Å². The molecule has 0 aromatic carbocycles. The van der Waals surface area contributed by atoms with Gasteiger partial charge in [-0.3, -0.25) is 0 Å². The Kier molecular flexibility index (Phi) is 6.03. The van der Waals surface area contributed by atoms with E-state index >= 15 is 0 Å². The van der Waals surface area contributed by atoms with Gasteiger partial charge in [0.1, 0.15) is 16.5 Å². The molecule has 2 rings (SSSR count). The summed E-state index contributed by atoms with van der Waals surface area (Å²) in [4.78, 5) is 15.9. The lowest BCUT2D eigenvalue weighted by Crippen LogP contribution is -2.38. The van der Waals surface area contributed by atoms with E-state index in [2.05, 4.69) is 11.4 Å². The highest BCUT2D eigenvalue weighted by molar-refractivity contribution is 7.12. The van der Waals surface area contributed by atoms with Gasteiger partial charge in [-0.2, -0.15) is 5.26 Å². The molecule has 0 radical (unpaired) electrons. The smallest absolute Gasteiger partial charge is 0.410 e. The molecule has 5 nitrogen and oxygen atoms in total. The van der Waals surface area contributed by atoms with Crippen LogP contribution in [0.15, 0.2) is 12.1 Å². The number of amides is 1. The van der Waals surface area contributed by atoms with Gasteiger partial charge in [-0.25, -0.2) is 4.79 Å². The van der Waals surface area contributed by atoms with Gasteiger partial charge in [0, 0.05) is 30.6 Å². The van der Waals surface area contributed by atoms with Crippen LogP contribution in [0.5, 0.6) is 0 Å². The van der Waals surface area contributed by atoms with Crippen LogP contribution < -0.4 is 5.32 Å². The first-order chi connectivity index (χ1) is 10.9. The number of nitrogens with one attached hydrogen (secondary N) is 1. The summed E-state index contributed by atoms with van der Waals surface area (Å²) in [6, 6.07) is 6.42. The van der Waals surface area contributed by atoms with Crippen molar-refractivity contribution in [3.05, 3.63) is 21.9 Å². The Bertz CT molecular complexity index is 571. The number of rotatable bonds is 3. The number of likely N-dealkylation sites (tertiary alicyclic amines) is 1. The molecule has 0 bridgehead atoms. The third kappa shape index (κ3) is 5.85. The second-order valence-corrected chi connectivity index (χ2v) is 8.02. The van der Waals surface area contributed by atoms with Crippen LogP contribution in [0.2, 0.25) is 0 Å². The van der Waals surface area contributed by atoms with Crippen molar-refractivity contribution < 1.29 is 9.53 Å². The fraction of sp³-hybridized carbons (Fsp3) is 0.647. The normalized spacial score (nSPS) is 19.0. The van der Waals surface area contributed by atoms with Gasteiger partial charge >= 0.3 is 6.09 Å². The van der Waals surface area contributed by atoms with Crippen molar-refractivity contribution in [2.75, 3.05) is 13.1 Å². The number of hydrogen-bond acceptors (Lipinski definition) is 5. The highest BCUT2D eigenvalue weighted by Crippen LogP contribution is 2.18. The van der Waals surface area contributed by atoms with E-state index < -0.39 is 5.60 Å². The van der Waals surface area contributed by atoms with Gasteiger partial charge < -0.3 is 15.0 Å². The topological polar surface area (TPSA) is 65.4 Å². The molecule has 1 fully saturated rings. The highest BCUT2D eigenvalue weighted by atomic mass is 32.1. The molecule has 0 aliphatic carbocycles. The molecule has 23 heavy (non-hydrogen) atoms. The first-order valence-electron chi connectivity index (χ1n) is 8.07. The SMILES string of the molecule is CC(C)(C)OC(=O)N1CCCC(NCc2ccc(C#N)s2)CC1. The Hall–Kier alpha value is -1.58. The first kappa shape index (κ1) is 17.8. The van der Waals surface area contributed by atoms with Crippen molar-refractivity contribution in [3.8, 4) is 6.07 Å². The maximum Gasteiger partial charge on any atom is 0.410 e. The summed E-state index contributed by atoms with van der Waals surface area (Å²) in [5.74, 6) is 0. The molecule has 1 N–H and O–H groups in total. The lowest BCUT2D eigenvalue weighted by molar-refractivity contribution is 0.0256. The third-order valence-corrected chi connectivity index (χ3v) is 4.71. The number of carbonyl (C=O) groups is 1. The zero-order chi connectivity index (χ0) is 16.9. The fourth-order valence-electron chi connectivity index (χ4n) is 2.59. The van der Waals surface area contributed by atoms with Crippen molar-refractivity contribution >= 4 is 17.4 Å². The van der Waals surface area contributed by atoms with Crippen LogP contribution in [0.1, 0.15) is 49.8 Å². The summed E-state index contributed by atoms with van der Waals surface area (Å²) in [7, 11) is 0. The predicted octanol–water partition coefficient (Wildman–Crippen LogP) is 3.50. The van der Waals surface area contributed by atoms with Crippen LogP contribution in [0.25, 0.3) is 0 Å². The van der Waals surface area contributed by atoms with Crippen molar-refractivity contribution in [3.63, 3.8) is 0 Å². The second kappa shape index (κ2) is 7.80. The van der Waals surface area contributed by atoms with E-state index in [0.29, 0.717) is 6.04 Å². The molecule has 1 amide bonds. The fourth-order valence-corrected chi connectivity index (χ4v) is 3.34. The van der Waals surface area contributed by atoms with Crippen molar-refractivity contribution in [1.29, 1.82) is 5.26 Å². The average molecular weight is 335 g/mol. The predicted molar refractivity (Wildman–Crippen MR) is 91.3 cm³/mol. The van der Waals surface area contributed by atoms with E-state index in [-0.39, 0.29) is 6.09 Å². The van der Waals surface area contributed by atoms with E-state index in [1.54, 1.807) is 0 Å². The molecule has 126 valence electrons. The minimum Gasteiger partial charge on any atom is -0.444 e. The van der Waals surface area contributed by atoms with Crippen LogP contribution in [-0.2, 0) is 11.3 Å². The summed E-state index contributed by atoms with van der Waals surface area (Å²) < 4.78 is 5.45. The van der Waals surface area contributed by atoms with Crippen LogP contribution in [0, 0.1) is 11.3 Å². The molecular weight excluding hydrogens is 310 g/mol. The molecule has 1 saturated heterocycles. The lowest BCUT2D eigenvalue weighted by atomic mass is 10.1. The molecule has 1 atom stereocenters. The van der Waals surface area contributed by atoms with Crippen molar-refractivity contribution in [2.45, 2.75) is 58.2 Å². The Balaban J connectivity index is 1.79. The zero-order valence-corrected chi connectivity index (χ0v) is 14.9. The maximum atomic E-state index is 12.1. The molecule has 1 aliphatic rings. The number of hydrogen-bond donors (Lipinski definition) is 1. The number of carbonyl (C=O) groups excluding carboxylic acids is 1. The Morgan fingerprint density at radius 1 is 1.43 bits per heavy atom. The molecule has 2 heterocycles. The molecule has 1 unspecified atom stereocenters. The number of thiophene rings is 1. The molecule has 1 aromatic heterocycles. The van der Waals surface area contributed by atoms with Crippen molar-refractivity contribution in [2.24, 2.45) is 0 Å². The molecule has 6 heteroatoms. The van der Waals surface area contributed by atoms with E-state index in [9.17, 15) is 4.79 Å². The average Bonchev–Trinajstić information content (AvgIpc) is 2.80. The standard InChI is InChI=1S/C17H25N3O2S/c1-17(2,3)22-16(21)20-9-4-5-13(8-10-20)19-12-15-7-6-14(11-18)23-15/h6-7,13,19H,4-5,8-10,12H2,1-3H3. The molecule has 1 aromatic rings. The van der Waals surface area contributed by atoms with Gasteiger partial charge in [0.15, 0.2) is 0 Å². The van der Waals surface area contributed by atoms with Gasteiger partial charge in [0.05, 0.1) is 0 Å². The molecule has 0 spiro atoms. The Morgan fingerprint density at radius 3 is 2.87 bits per heavy atom. The summed E-state index contributed by atoms with van der Waals surface area (Å²) in [5.41, 5.74) is -0.446. The molecule has 0 saturated carbocycles. The molecule has 1 aliphatic heterocycles. The van der Waals surface area contributed by atoms with Gasteiger partial charge in [0.2, 0.25) is 0 Å². The van der Waals surface area contributed by atoms with Gasteiger partial charge in [-0.1, -0.05) is 0 Å². The van der Waals surface area contributed by atoms with E-state index in [4.69, 9.17) is 10.00 Å². The van der Waals surface area contributed by atoms with Gasteiger partial charge in [-0.15, -0.1) is 11.3 Å². The quantitative estimate of drug-likeness (QED) is 0.918. The largest absolute Gasteiger partial charge is 0.444 e. The minimum absolute atomic E-state index is 0.213. The highest BCUT2D eigenvalue weighted by Gasteiger charge is 2.25. The number of nitrogens with zero attached hydrogens (tertiary/aromatic N) is 2. The Labute approximate surface area is 142 Å².